The molecule has 3 aliphatic rings. The molecule has 1 N–H and O–H groups in total. The molecule has 2 aromatic rings. The van der Waals surface area contributed by atoms with Crippen LogP contribution in [0.2, 0.25) is 0 Å². The lowest BCUT2D eigenvalue weighted by molar-refractivity contribution is 0.0950. The van der Waals surface area contributed by atoms with Gasteiger partial charge in [-0.2, -0.15) is 18.0 Å². The first-order chi connectivity index (χ1) is 16.4. The molecular weight excluding hydrogens is 448 g/mol. The van der Waals surface area contributed by atoms with E-state index >= 15 is 0 Å². The highest BCUT2D eigenvalue weighted by Gasteiger charge is 2.47. The standard InChI is InChI=1S/C26H26N4O3S/c1-29-25-14-21(11-12-24(25)30(34(29,32)33)17-18-9-10-18)20-7-4-5-19(13-20)16-28-26(31)23-8-3-2-6-22(23)15-27/h2-8,11-13,18,25H,9-10,14,16-17H2,1H3,(H,28,31). The summed E-state index contributed by atoms with van der Waals surface area (Å²) >= 11 is 0. The van der Waals surface area contributed by atoms with Crippen LogP contribution in [0.15, 0.2) is 66.4 Å². The van der Waals surface area contributed by atoms with Crippen molar-refractivity contribution in [2.75, 3.05) is 13.6 Å². The van der Waals surface area contributed by atoms with Crippen LogP contribution in [0.25, 0.3) is 5.57 Å². The molecule has 1 amide bonds. The van der Waals surface area contributed by atoms with Gasteiger partial charge in [-0.05, 0) is 66.2 Å². The van der Waals surface area contributed by atoms with E-state index in [9.17, 15) is 18.5 Å². The second-order valence-electron chi connectivity index (χ2n) is 9.04. The topological polar surface area (TPSA) is 93.5 Å². The molecule has 1 unspecified atom stereocenters. The van der Waals surface area contributed by atoms with Crippen LogP contribution in [0.3, 0.4) is 0 Å². The molecule has 1 aliphatic heterocycles. The molecule has 2 aromatic carbocycles. The maximum absolute atomic E-state index is 13.0. The van der Waals surface area contributed by atoms with Gasteiger partial charge in [0.05, 0.1) is 23.2 Å². The normalized spacial score (nSPS) is 21.3. The number of nitrogens with one attached hydrogen (secondary N) is 1. The third kappa shape index (κ3) is 4.13. The van der Waals surface area contributed by atoms with Crippen molar-refractivity contribution in [1.82, 2.24) is 13.9 Å². The van der Waals surface area contributed by atoms with Gasteiger partial charge in [0.25, 0.3) is 5.91 Å². The van der Waals surface area contributed by atoms with Crippen LogP contribution in [-0.2, 0) is 16.8 Å². The molecule has 2 fully saturated rings. The predicted octanol–water partition coefficient (Wildman–Crippen LogP) is 3.43. The number of benzene rings is 2. The Balaban J connectivity index is 1.32. The van der Waals surface area contributed by atoms with E-state index in [0.717, 1.165) is 35.2 Å². The van der Waals surface area contributed by atoms with Crippen molar-refractivity contribution in [3.63, 3.8) is 0 Å². The summed E-state index contributed by atoms with van der Waals surface area (Å²) in [7, 11) is -1.81. The monoisotopic (exact) mass is 474 g/mol. The van der Waals surface area contributed by atoms with Crippen molar-refractivity contribution in [2.24, 2.45) is 5.92 Å². The summed E-state index contributed by atoms with van der Waals surface area (Å²) < 4.78 is 29.0. The molecule has 5 rings (SSSR count). The number of allylic oxidation sites excluding steroid dienone is 2. The molecule has 1 saturated carbocycles. The van der Waals surface area contributed by atoms with Crippen LogP contribution in [-0.4, -0.2) is 42.6 Å². The Morgan fingerprint density at radius 2 is 1.94 bits per heavy atom. The third-order valence-corrected chi connectivity index (χ3v) is 8.64. The van der Waals surface area contributed by atoms with Crippen LogP contribution in [0.5, 0.6) is 0 Å². The summed E-state index contributed by atoms with van der Waals surface area (Å²) in [6.45, 7) is 0.899. The molecule has 2 aliphatic carbocycles. The fraction of sp³-hybridized carbons (Fsp3) is 0.308. The second kappa shape index (κ2) is 8.75. The van der Waals surface area contributed by atoms with Gasteiger partial charge < -0.3 is 5.32 Å². The van der Waals surface area contributed by atoms with Crippen molar-refractivity contribution in [1.29, 1.82) is 5.26 Å². The van der Waals surface area contributed by atoms with E-state index in [4.69, 9.17) is 0 Å². The average Bonchev–Trinajstić information content (AvgIpc) is 3.66. The first kappa shape index (κ1) is 22.4. The van der Waals surface area contributed by atoms with E-state index in [1.807, 2.05) is 42.5 Å². The van der Waals surface area contributed by atoms with E-state index < -0.39 is 10.2 Å². The maximum atomic E-state index is 13.0. The highest BCUT2D eigenvalue weighted by atomic mass is 32.2. The molecule has 0 aromatic heterocycles. The lowest BCUT2D eigenvalue weighted by Crippen LogP contribution is -2.33. The molecule has 0 bridgehead atoms. The number of nitrogens with zero attached hydrogens (tertiary/aromatic N) is 3. The summed E-state index contributed by atoms with van der Waals surface area (Å²) in [6, 6.07) is 16.5. The molecular formula is C26H26N4O3S. The molecule has 0 radical (unpaired) electrons. The van der Waals surface area contributed by atoms with E-state index in [1.54, 1.807) is 35.6 Å². The number of fused-ring (bicyclic) bond motifs is 1. The van der Waals surface area contributed by atoms with E-state index in [1.165, 1.54) is 4.31 Å². The molecule has 1 saturated heterocycles. The Morgan fingerprint density at radius 1 is 1.15 bits per heavy atom. The van der Waals surface area contributed by atoms with Gasteiger partial charge in [-0.1, -0.05) is 36.4 Å². The van der Waals surface area contributed by atoms with Gasteiger partial charge in [-0.25, -0.2) is 0 Å². The smallest absolute Gasteiger partial charge is 0.304 e. The zero-order chi connectivity index (χ0) is 23.9. The van der Waals surface area contributed by atoms with Crippen molar-refractivity contribution in [3.8, 4) is 6.07 Å². The lowest BCUT2D eigenvalue weighted by atomic mass is 9.91. The molecule has 1 atom stereocenters. The van der Waals surface area contributed by atoms with Crippen molar-refractivity contribution in [3.05, 3.63) is 88.6 Å². The van der Waals surface area contributed by atoms with Crippen LogP contribution in [0, 0.1) is 17.2 Å². The molecule has 34 heavy (non-hydrogen) atoms. The second-order valence-corrected chi connectivity index (χ2v) is 11.0. The van der Waals surface area contributed by atoms with Crippen molar-refractivity contribution >= 4 is 21.7 Å². The minimum absolute atomic E-state index is 0.199. The van der Waals surface area contributed by atoms with E-state index in [2.05, 4.69) is 5.32 Å². The fourth-order valence-electron chi connectivity index (χ4n) is 4.58. The number of carbonyl (C=O) groups is 1. The van der Waals surface area contributed by atoms with Crippen LogP contribution < -0.4 is 5.32 Å². The molecule has 174 valence electrons. The Labute approximate surface area is 200 Å². The average molecular weight is 475 g/mol. The third-order valence-electron chi connectivity index (χ3n) is 6.74. The number of nitriles is 1. The first-order valence-electron chi connectivity index (χ1n) is 11.4. The number of hydrogen-bond donors (Lipinski definition) is 1. The molecule has 0 spiro atoms. The highest BCUT2D eigenvalue weighted by Crippen LogP contribution is 2.42. The summed E-state index contributed by atoms with van der Waals surface area (Å²) in [5, 5.41) is 12.1. The maximum Gasteiger partial charge on any atom is 0.304 e. The zero-order valence-electron chi connectivity index (χ0n) is 18.9. The molecule has 8 heteroatoms. The zero-order valence-corrected chi connectivity index (χ0v) is 19.8. The summed E-state index contributed by atoms with van der Waals surface area (Å²) in [6.07, 6.45) is 6.76. The first-order valence-corrected chi connectivity index (χ1v) is 12.8. The van der Waals surface area contributed by atoms with Crippen molar-refractivity contribution in [2.45, 2.75) is 31.8 Å². The number of likely N-dealkylation sites (N-methyl/N-ethyl adjacent to an activating group) is 1. The fourth-order valence-corrected chi connectivity index (χ4v) is 6.24. The number of amides is 1. The Kier molecular flexibility index (Phi) is 5.76. The minimum atomic E-state index is -3.47. The summed E-state index contributed by atoms with van der Waals surface area (Å²) in [4.78, 5) is 12.6. The van der Waals surface area contributed by atoms with Gasteiger partial charge >= 0.3 is 10.2 Å². The van der Waals surface area contributed by atoms with Crippen LogP contribution in [0.4, 0.5) is 0 Å². The van der Waals surface area contributed by atoms with Gasteiger partial charge in [-0.15, -0.1) is 0 Å². The Hall–Kier alpha value is -3.41. The number of carbonyl (C=O) groups excluding carboxylic acids is 1. The number of rotatable bonds is 6. The lowest BCUT2D eigenvalue weighted by Gasteiger charge is -2.23. The largest absolute Gasteiger partial charge is 0.348 e. The van der Waals surface area contributed by atoms with Crippen LogP contribution >= 0.6 is 0 Å². The van der Waals surface area contributed by atoms with Gasteiger partial charge in [0.1, 0.15) is 0 Å². The highest BCUT2D eigenvalue weighted by molar-refractivity contribution is 7.87. The Morgan fingerprint density at radius 3 is 2.71 bits per heavy atom. The quantitative estimate of drug-likeness (QED) is 0.694. The predicted molar refractivity (Wildman–Crippen MR) is 129 cm³/mol. The SMILES string of the molecule is CN1C2CC(c3cccc(CNC(=O)c4ccccc4C#N)c3)=CC=C2N(CC2CC2)S1(=O)=O. The Bertz CT molecular complexity index is 1350. The van der Waals surface area contributed by atoms with E-state index in [0.29, 0.717) is 36.6 Å². The van der Waals surface area contributed by atoms with Crippen molar-refractivity contribution < 1.29 is 13.2 Å². The van der Waals surface area contributed by atoms with Crippen LogP contribution in [0.1, 0.15) is 46.3 Å². The van der Waals surface area contributed by atoms with Gasteiger partial charge in [0, 0.05) is 25.8 Å². The van der Waals surface area contributed by atoms with Gasteiger partial charge in [-0.3, -0.25) is 9.10 Å². The van der Waals surface area contributed by atoms with Gasteiger partial charge in [0.2, 0.25) is 0 Å². The minimum Gasteiger partial charge on any atom is -0.348 e. The summed E-state index contributed by atoms with van der Waals surface area (Å²) in [5.74, 6) is 0.181. The van der Waals surface area contributed by atoms with E-state index in [-0.39, 0.29) is 11.9 Å². The molecule has 1 heterocycles. The summed E-state index contributed by atoms with van der Waals surface area (Å²) in [5.41, 5.74) is 4.56. The number of hydrogen-bond acceptors (Lipinski definition) is 4. The van der Waals surface area contributed by atoms with Gasteiger partial charge in [0.15, 0.2) is 0 Å². The molecule has 7 nitrogen and oxygen atoms in total.